The van der Waals surface area contributed by atoms with E-state index < -0.39 is 48.6 Å². The molecule has 1 heterocycles. The number of aromatic hydroxyl groups is 1. The summed E-state index contributed by atoms with van der Waals surface area (Å²) in [5, 5.41) is 50.1. The Morgan fingerprint density at radius 3 is 2.42 bits per heavy atom. The minimum Gasteiger partial charge on any atom is -0.504 e. The Morgan fingerprint density at radius 1 is 1.06 bits per heavy atom. The predicted molar refractivity (Wildman–Crippen MR) is 106 cm³/mol. The Hall–Kier alpha value is -2.92. The number of phenolic OH excluding ortho intramolecular Hbond substituents is 1. The number of hydrogen-bond acceptors (Lipinski definition) is 9. The van der Waals surface area contributed by atoms with Gasteiger partial charge >= 0.3 is 11.9 Å². The highest BCUT2D eigenvalue weighted by atomic mass is 16.7. The quantitative estimate of drug-likeness (QED) is 0.403. The van der Waals surface area contributed by atoms with Crippen LogP contribution in [0.4, 0.5) is 0 Å². The molecule has 10 nitrogen and oxygen atoms in total. The van der Waals surface area contributed by atoms with Gasteiger partial charge < -0.3 is 39.7 Å². The van der Waals surface area contributed by atoms with E-state index in [4.69, 9.17) is 19.3 Å². The summed E-state index contributed by atoms with van der Waals surface area (Å²) in [6, 6.07) is 8.27. The lowest BCUT2D eigenvalue weighted by Crippen LogP contribution is -2.60. The smallest absolute Gasteiger partial charge is 0.335 e. The first-order valence-electron chi connectivity index (χ1n) is 9.66. The third kappa shape index (κ3) is 4.57. The van der Waals surface area contributed by atoms with Gasteiger partial charge in [0.25, 0.3) is 0 Å². The Balaban J connectivity index is 1.78. The fourth-order valence-electron chi connectivity index (χ4n) is 3.33. The molecular formula is C21H24O10. The van der Waals surface area contributed by atoms with Crippen molar-refractivity contribution in [2.45, 2.75) is 50.5 Å². The second kappa shape index (κ2) is 9.06. The number of esters is 1. The van der Waals surface area contributed by atoms with Gasteiger partial charge in [-0.2, -0.15) is 0 Å². The lowest BCUT2D eigenvalue weighted by Gasteiger charge is -2.38. The van der Waals surface area contributed by atoms with Gasteiger partial charge in [0.05, 0.1) is 12.5 Å². The first-order valence-corrected chi connectivity index (χ1v) is 9.66. The van der Waals surface area contributed by atoms with E-state index in [9.17, 15) is 30.0 Å². The maximum atomic E-state index is 12.6. The van der Waals surface area contributed by atoms with Gasteiger partial charge in [0.2, 0.25) is 6.29 Å². The van der Waals surface area contributed by atoms with Crippen molar-refractivity contribution in [1.29, 1.82) is 0 Å². The van der Waals surface area contributed by atoms with Gasteiger partial charge in [-0.1, -0.05) is 18.2 Å². The first kappa shape index (κ1) is 22.8. The molecule has 0 aromatic heterocycles. The third-order valence-electron chi connectivity index (χ3n) is 5.14. The van der Waals surface area contributed by atoms with Crippen molar-refractivity contribution in [3.05, 3.63) is 35.9 Å². The van der Waals surface area contributed by atoms with E-state index in [-0.39, 0.29) is 5.75 Å². The van der Waals surface area contributed by atoms with Crippen LogP contribution >= 0.6 is 0 Å². The van der Waals surface area contributed by atoms with Gasteiger partial charge in [-0.3, -0.25) is 4.79 Å². The highest BCUT2D eigenvalue weighted by molar-refractivity contribution is 5.88. The normalized spacial score (nSPS) is 26.9. The summed E-state index contributed by atoms with van der Waals surface area (Å²) in [4.78, 5) is 23.8. The molecule has 0 radical (unpaired) electrons. The van der Waals surface area contributed by atoms with Crippen LogP contribution in [-0.2, 0) is 19.1 Å². The number of hydrogen-bond donors (Lipinski definition) is 5. The number of carboxylic acids is 1. The number of rotatable bonds is 6. The molecule has 1 aliphatic heterocycles. The number of aliphatic hydroxyl groups is 3. The highest BCUT2D eigenvalue weighted by Crippen LogP contribution is 2.33. The fourth-order valence-corrected chi connectivity index (χ4v) is 3.33. The van der Waals surface area contributed by atoms with Crippen LogP contribution in [0, 0.1) is 0 Å². The fraction of sp³-hybridized carbons (Fsp3) is 0.429. The largest absolute Gasteiger partial charge is 0.504 e. The zero-order chi connectivity index (χ0) is 22.9. The standard InChI is InChI=1S/C21H24O10/c1-3-29-14-8-11-5-4-10(6-12(11)7-13(14)22)9(2)20(28)31-21-17(25)15(23)16(24)18(30-21)19(26)27/h4-9,15-18,21-25H,3H2,1-2H3,(H,26,27). The summed E-state index contributed by atoms with van der Waals surface area (Å²) < 4.78 is 15.4. The van der Waals surface area contributed by atoms with E-state index >= 15 is 0 Å². The zero-order valence-corrected chi connectivity index (χ0v) is 16.8. The topological polar surface area (TPSA) is 163 Å². The average Bonchev–Trinajstić information content (AvgIpc) is 2.73. The Labute approximate surface area is 177 Å². The van der Waals surface area contributed by atoms with Gasteiger partial charge in [0.1, 0.15) is 18.3 Å². The molecule has 168 valence electrons. The van der Waals surface area contributed by atoms with Crippen LogP contribution < -0.4 is 4.74 Å². The van der Waals surface area contributed by atoms with Crippen LogP contribution in [0.2, 0.25) is 0 Å². The van der Waals surface area contributed by atoms with Crippen LogP contribution in [0.5, 0.6) is 11.5 Å². The molecule has 1 saturated heterocycles. The van der Waals surface area contributed by atoms with E-state index in [0.29, 0.717) is 23.3 Å². The third-order valence-corrected chi connectivity index (χ3v) is 5.14. The van der Waals surface area contributed by atoms with E-state index in [1.54, 1.807) is 31.2 Å². The second-order valence-electron chi connectivity index (χ2n) is 7.25. The van der Waals surface area contributed by atoms with E-state index in [0.717, 1.165) is 5.39 Å². The van der Waals surface area contributed by atoms with E-state index in [1.165, 1.54) is 13.0 Å². The molecule has 10 heteroatoms. The summed E-state index contributed by atoms with van der Waals surface area (Å²) in [5.74, 6) is -2.97. The minimum absolute atomic E-state index is 0.0484. The zero-order valence-electron chi connectivity index (χ0n) is 16.8. The van der Waals surface area contributed by atoms with Gasteiger partial charge in [0.15, 0.2) is 17.6 Å². The van der Waals surface area contributed by atoms with Crippen molar-refractivity contribution in [2.24, 2.45) is 0 Å². The molecule has 0 amide bonds. The Morgan fingerprint density at radius 2 is 1.77 bits per heavy atom. The van der Waals surface area contributed by atoms with Crippen molar-refractivity contribution in [2.75, 3.05) is 6.61 Å². The number of aliphatic hydroxyl groups excluding tert-OH is 3. The van der Waals surface area contributed by atoms with E-state index in [2.05, 4.69) is 0 Å². The maximum Gasteiger partial charge on any atom is 0.335 e. The number of benzene rings is 2. The van der Waals surface area contributed by atoms with Crippen molar-refractivity contribution in [1.82, 2.24) is 0 Å². The number of carbonyl (C=O) groups is 2. The molecule has 0 saturated carbocycles. The molecule has 0 spiro atoms. The number of aliphatic carboxylic acids is 1. The molecule has 6 atom stereocenters. The van der Waals surface area contributed by atoms with Crippen LogP contribution in [0.25, 0.3) is 10.8 Å². The molecule has 0 aliphatic carbocycles. The average molecular weight is 436 g/mol. The van der Waals surface area contributed by atoms with Crippen molar-refractivity contribution < 1.29 is 49.3 Å². The molecule has 31 heavy (non-hydrogen) atoms. The van der Waals surface area contributed by atoms with Crippen LogP contribution in [-0.4, -0.2) is 74.8 Å². The Bertz CT molecular complexity index is 974. The van der Waals surface area contributed by atoms with Crippen LogP contribution in [0.15, 0.2) is 30.3 Å². The molecule has 2 aromatic carbocycles. The molecule has 0 bridgehead atoms. The van der Waals surface area contributed by atoms with Crippen LogP contribution in [0.3, 0.4) is 0 Å². The number of fused-ring (bicyclic) bond motifs is 1. The number of carboxylic acid groups (broad SMARTS) is 1. The van der Waals surface area contributed by atoms with Gasteiger partial charge in [-0.05, 0) is 42.3 Å². The maximum absolute atomic E-state index is 12.6. The summed E-state index contributed by atoms with van der Waals surface area (Å²) in [7, 11) is 0. The lowest BCUT2D eigenvalue weighted by atomic mass is 9.97. The van der Waals surface area contributed by atoms with Gasteiger partial charge in [-0.15, -0.1) is 0 Å². The predicted octanol–water partition coefficient (Wildman–Crippen LogP) is 0.483. The molecule has 6 unspecified atom stereocenters. The molecule has 1 aliphatic rings. The number of carbonyl (C=O) groups excluding carboxylic acids is 1. The molecule has 2 aromatic rings. The van der Waals surface area contributed by atoms with E-state index in [1.807, 2.05) is 0 Å². The van der Waals surface area contributed by atoms with Crippen molar-refractivity contribution >= 4 is 22.7 Å². The first-order chi connectivity index (χ1) is 14.6. The van der Waals surface area contributed by atoms with Crippen molar-refractivity contribution in [3.8, 4) is 11.5 Å². The summed E-state index contributed by atoms with van der Waals surface area (Å²) >= 11 is 0. The molecule has 1 fully saturated rings. The highest BCUT2D eigenvalue weighted by Gasteiger charge is 2.48. The van der Waals surface area contributed by atoms with Crippen molar-refractivity contribution in [3.63, 3.8) is 0 Å². The summed E-state index contributed by atoms with van der Waals surface area (Å²) in [6.45, 7) is 3.72. The van der Waals surface area contributed by atoms with Gasteiger partial charge in [-0.25, -0.2) is 4.79 Å². The summed E-state index contributed by atoms with van der Waals surface area (Å²) in [5.41, 5.74) is 0.529. The lowest BCUT2D eigenvalue weighted by molar-refractivity contribution is -0.286. The molecular weight excluding hydrogens is 412 g/mol. The molecule has 3 rings (SSSR count). The second-order valence-corrected chi connectivity index (χ2v) is 7.25. The SMILES string of the molecule is CCOc1cc2ccc(C(C)C(=O)OC3OC(C(=O)O)C(O)C(O)C3O)cc2cc1O. The molecule has 5 N–H and O–H groups in total. The number of ether oxygens (including phenoxy) is 3. The Kier molecular flexibility index (Phi) is 6.65. The number of phenols is 1. The monoisotopic (exact) mass is 436 g/mol. The van der Waals surface area contributed by atoms with Gasteiger partial charge in [0, 0.05) is 0 Å². The minimum atomic E-state index is -1.88. The summed E-state index contributed by atoms with van der Waals surface area (Å²) in [6.07, 6.45) is -9.21. The van der Waals surface area contributed by atoms with Crippen LogP contribution in [0.1, 0.15) is 25.3 Å².